The van der Waals surface area contributed by atoms with Crippen molar-refractivity contribution in [2.24, 2.45) is 0 Å². The Bertz CT molecular complexity index is 869. The van der Waals surface area contributed by atoms with Crippen molar-refractivity contribution < 1.29 is 29.3 Å². The number of nitro groups is 2. The van der Waals surface area contributed by atoms with Crippen molar-refractivity contribution in [1.29, 1.82) is 0 Å². The number of carboxylic acids is 1. The van der Waals surface area contributed by atoms with Gasteiger partial charge in [0.1, 0.15) is 16.7 Å². The highest BCUT2D eigenvalue weighted by molar-refractivity contribution is 5.94. The van der Waals surface area contributed by atoms with Gasteiger partial charge in [0, 0.05) is 12.1 Å². The van der Waals surface area contributed by atoms with E-state index in [2.05, 4.69) is 0 Å². The van der Waals surface area contributed by atoms with Gasteiger partial charge in [-0.2, -0.15) is 0 Å². The molecule has 0 saturated carbocycles. The van der Waals surface area contributed by atoms with Crippen molar-refractivity contribution in [3.8, 4) is 0 Å². The van der Waals surface area contributed by atoms with Gasteiger partial charge in [-0.3, -0.25) is 20.2 Å². The molecule has 28 heavy (non-hydrogen) atoms. The third-order valence-corrected chi connectivity index (χ3v) is 3.05. The Balaban J connectivity index is 0.000000292. The van der Waals surface area contributed by atoms with Gasteiger partial charge in [-0.25, -0.2) is 9.59 Å². The minimum Gasteiger partial charge on any atom is -0.477 e. The van der Waals surface area contributed by atoms with Gasteiger partial charge in [0.25, 0.3) is 11.4 Å². The fraction of sp³-hybridized carbons (Fsp3) is 0.222. The molecule has 0 unspecified atom stereocenters. The van der Waals surface area contributed by atoms with Crippen molar-refractivity contribution in [2.45, 2.75) is 26.4 Å². The number of nitro benzene ring substituents is 2. The number of esters is 1. The number of para-hydroxylation sites is 2. The van der Waals surface area contributed by atoms with Crippen LogP contribution in [0.25, 0.3) is 0 Å². The van der Waals surface area contributed by atoms with Crippen LogP contribution in [0, 0.1) is 20.2 Å². The Hall–Kier alpha value is -3.82. The molecule has 0 aliphatic heterocycles. The fourth-order valence-corrected chi connectivity index (χ4v) is 1.95. The van der Waals surface area contributed by atoms with E-state index in [4.69, 9.17) is 9.84 Å². The van der Waals surface area contributed by atoms with E-state index in [-0.39, 0.29) is 22.5 Å². The first-order chi connectivity index (χ1) is 12.9. The lowest BCUT2D eigenvalue weighted by Crippen LogP contribution is -2.24. The van der Waals surface area contributed by atoms with E-state index >= 15 is 0 Å². The van der Waals surface area contributed by atoms with E-state index < -0.39 is 27.4 Å². The summed E-state index contributed by atoms with van der Waals surface area (Å²) in [5, 5.41) is 29.5. The van der Waals surface area contributed by atoms with Gasteiger partial charge in [0.05, 0.1) is 9.85 Å². The summed E-state index contributed by atoms with van der Waals surface area (Å²) in [5.41, 5.74) is -1.60. The maximum atomic E-state index is 11.7. The summed E-state index contributed by atoms with van der Waals surface area (Å²) in [4.78, 5) is 41.7. The number of carboxylic acid groups (broad SMARTS) is 1. The van der Waals surface area contributed by atoms with E-state index in [1.165, 1.54) is 36.4 Å². The van der Waals surface area contributed by atoms with Crippen LogP contribution in [0.4, 0.5) is 11.4 Å². The van der Waals surface area contributed by atoms with Crippen LogP contribution in [-0.2, 0) is 4.74 Å². The van der Waals surface area contributed by atoms with E-state index in [1.807, 2.05) is 0 Å². The molecule has 148 valence electrons. The first kappa shape index (κ1) is 22.2. The Morgan fingerprint density at radius 3 is 1.61 bits per heavy atom. The molecule has 0 bridgehead atoms. The second kappa shape index (κ2) is 9.21. The SMILES string of the molecule is CC(C)(C)OC(=O)c1ccccc1[N+](=O)[O-].O=C(O)c1ccccc1[N+](=O)[O-]. The van der Waals surface area contributed by atoms with Crippen molar-refractivity contribution in [3.63, 3.8) is 0 Å². The van der Waals surface area contributed by atoms with Gasteiger partial charge in [0.15, 0.2) is 0 Å². The van der Waals surface area contributed by atoms with Crippen LogP contribution >= 0.6 is 0 Å². The van der Waals surface area contributed by atoms with Gasteiger partial charge in [-0.15, -0.1) is 0 Å². The average Bonchev–Trinajstić information content (AvgIpc) is 2.60. The minimum atomic E-state index is -1.29. The molecule has 10 nitrogen and oxygen atoms in total. The van der Waals surface area contributed by atoms with E-state index in [1.54, 1.807) is 26.8 Å². The van der Waals surface area contributed by atoms with Gasteiger partial charge in [-0.05, 0) is 32.9 Å². The number of hydrogen-bond acceptors (Lipinski definition) is 7. The molecule has 0 aromatic heterocycles. The largest absolute Gasteiger partial charge is 0.477 e. The van der Waals surface area contributed by atoms with Crippen LogP contribution in [0.2, 0.25) is 0 Å². The van der Waals surface area contributed by atoms with Crippen LogP contribution in [0.15, 0.2) is 48.5 Å². The number of carbonyl (C=O) groups is 2. The van der Waals surface area contributed by atoms with Gasteiger partial charge >= 0.3 is 11.9 Å². The Morgan fingerprint density at radius 1 is 0.857 bits per heavy atom. The molecular weight excluding hydrogens is 372 g/mol. The first-order valence-electron chi connectivity index (χ1n) is 7.87. The summed E-state index contributed by atoms with van der Waals surface area (Å²) in [7, 11) is 0. The predicted molar refractivity (Wildman–Crippen MR) is 98.3 cm³/mol. The molecule has 0 saturated heterocycles. The monoisotopic (exact) mass is 390 g/mol. The molecule has 0 spiro atoms. The second-order valence-corrected chi connectivity index (χ2v) is 6.36. The minimum absolute atomic E-state index is 0.0255. The number of nitrogens with zero attached hydrogens (tertiary/aromatic N) is 2. The normalized spacial score (nSPS) is 10.2. The number of ether oxygens (including phenoxy) is 1. The standard InChI is InChI=1S/C11H13NO4.C7H5NO4/c1-11(2,3)16-10(13)8-6-4-5-7-9(8)12(14)15;9-7(10)5-3-1-2-4-6(5)8(11)12/h4-7H,1-3H3;1-4H,(H,9,10). The van der Waals surface area contributed by atoms with Gasteiger partial charge in [-0.1, -0.05) is 24.3 Å². The van der Waals surface area contributed by atoms with Crippen LogP contribution in [-0.4, -0.2) is 32.5 Å². The van der Waals surface area contributed by atoms with Crippen LogP contribution in [0.3, 0.4) is 0 Å². The van der Waals surface area contributed by atoms with Crippen LogP contribution in [0.5, 0.6) is 0 Å². The number of rotatable bonds is 4. The van der Waals surface area contributed by atoms with Crippen molar-refractivity contribution in [1.82, 2.24) is 0 Å². The summed E-state index contributed by atoms with van der Waals surface area (Å²) in [5.74, 6) is -1.97. The van der Waals surface area contributed by atoms with E-state index in [0.29, 0.717) is 0 Å². The molecule has 2 aromatic carbocycles. The second-order valence-electron chi connectivity index (χ2n) is 6.36. The number of carbonyl (C=O) groups excluding carboxylic acids is 1. The highest BCUT2D eigenvalue weighted by Crippen LogP contribution is 2.21. The maximum Gasteiger partial charge on any atom is 0.345 e. The summed E-state index contributed by atoms with van der Waals surface area (Å²) >= 11 is 0. The molecule has 0 amide bonds. The molecule has 0 aliphatic rings. The van der Waals surface area contributed by atoms with Crippen LogP contribution in [0.1, 0.15) is 41.5 Å². The summed E-state index contributed by atoms with van der Waals surface area (Å²) in [6, 6.07) is 10.9. The zero-order valence-corrected chi connectivity index (χ0v) is 15.3. The summed E-state index contributed by atoms with van der Waals surface area (Å²) in [6.45, 7) is 5.12. The van der Waals surface area contributed by atoms with Crippen molar-refractivity contribution in [2.75, 3.05) is 0 Å². The lowest BCUT2D eigenvalue weighted by molar-refractivity contribution is -0.385. The van der Waals surface area contributed by atoms with Crippen LogP contribution < -0.4 is 0 Å². The third kappa shape index (κ3) is 6.48. The molecule has 10 heteroatoms. The lowest BCUT2D eigenvalue weighted by atomic mass is 10.1. The first-order valence-corrected chi connectivity index (χ1v) is 7.87. The zero-order valence-electron chi connectivity index (χ0n) is 15.3. The number of benzene rings is 2. The van der Waals surface area contributed by atoms with Crippen molar-refractivity contribution >= 4 is 23.3 Å². The quantitative estimate of drug-likeness (QED) is 0.470. The van der Waals surface area contributed by atoms with Crippen molar-refractivity contribution in [3.05, 3.63) is 79.9 Å². The molecule has 0 heterocycles. The lowest BCUT2D eigenvalue weighted by Gasteiger charge is -2.19. The molecule has 2 rings (SSSR count). The highest BCUT2D eigenvalue weighted by atomic mass is 16.6. The Morgan fingerprint density at radius 2 is 1.25 bits per heavy atom. The Labute approximate surface area is 159 Å². The molecule has 0 radical (unpaired) electrons. The summed E-state index contributed by atoms with van der Waals surface area (Å²) in [6.07, 6.45) is 0. The molecule has 0 atom stereocenters. The number of aromatic carboxylic acids is 1. The molecule has 0 aliphatic carbocycles. The van der Waals surface area contributed by atoms with Gasteiger partial charge < -0.3 is 9.84 Å². The smallest absolute Gasteiger partial charge is 0.345 e. The third-order valence-electron chi connectivity index (χ3n) is 3.05. The molecular formula is C18H18N2O8. The molecule has 1 N–H and O–H groups in total. The Kier molecular flexibility index (Phi) is 7.31. The fourth-order valence-electron chi connectivity index (χ4n) is 1.95. The topological polar surface area (TPSA) is 150 Å². The number of hydrogen-bond donors (Lipinski definition) is 1. The highest BCUT2D eigenvalue weighted by Gasteiger charge is 2.24. The average molecular weight is 390 g/mol. The zero-order chi connectivity index (χ0) is 21.5. The maximum absolute atomic E-state index is 11.7. The molecule has 0 fully saturated rings. The summed E-state index contributed by atoms with van der Waals surface area (Å²) < 4.78 is 5.07. The van der Waals surface area contributed by atoms with E-state index in [9.17, 15) is 29.8 Å². The van der Waals surface area contributed by atoms with Gasteiger partial charge in [0.2, 0.25) is 0 Å². The predicted octanol–water partition coefficient (Wildman–Crippen LogP) is 3.84. The molecule has 2 aromatic rings. The van der Waals surface area contributed by atoms with E-state index in [0.717, 1.165) is 6.07 Å².